The van der Waals surface area contributed by atoms with Gasteiger partial charge in [0.15, 0.2) is 0 Å². The van der Waals surface area contributed by atoms with Crippen molar-refractivity contribution in [3.8, 4) is 0 Å². The van der Waals surface area contributed by atoms with Gasteiger partial charge in [-0.3, -0.25) is 9.69 Å². The first kappa shape index (κ1) is 16.4. The van der Waals surface area contributed by atoms with Gasteiger partial charge in [0.1, 0.15) is 11.9 Å². The van der Waals surface area contributed by atoms with Crippen molar-refractivity contribution >= 4 is 5.91 Å². The first-order valence-corrected chi connectivity index (χ1v) is 8.64. The van der Waals surface area contributed by atoms with E-state index in [1.54, 1.807) is 12.1 Å². The summed E-state index contributed by atoms with van der Waals surface area (Å²) < 4.78 is 13.3. The predicted octanol–water partition coefficient (Wildman–Crippen LogP) is 2.03. The molecule has 4 nitrogen and oxygen atoms in total. The van der Waals surface area contributed by atoms with E-state index in [2.05, 4.69) is 17.1 Å². The monoisotopic (exact) mass is 319 g/mol. The molecule has 0 saturated carbocycles. The minimum absolute atomic E-state index is 0.159. The Bertz CT molecular complexity index is 528. The van der Waals surface area contributed by atoms with Crippen molar-refractivity contribution < 1.29 is 9.18 Å². The van der Waals surface area contributed by atoms with Crippen molar-refractivity contribution in [1.29, 1.82) is 0 Å². The van der Waals surface area contributed by atoms with Gasteiger partial charge in [0.25, 0.3) is 0 Å². The van der Waals surface area contributed by atoms with Crippen LogP contribution in [0, 0.1) is 11.7 Å². The second kappa shape index (κ2) is 7.41. The molecule has 1 N–H and O–H groups in total. The Morgan fingerprint density at radius 2 is 1.91 bits per heavy atom. The van der Waals surface area contributed by atoms with Gasteiger partial charge in [0.2, 0.25) is 5.91 Å². The average Bonchev–Trinajstić information content (AvgIpc) is 2.58. The topological polar surface area (TPSA) is 35.6 Å². The molecular weight excluding hydrogens is 293 g/mol. The molecule has 5 heteroatoms. The lowest BCUT2D eigenvalue weighted by atomic mass is 9.95. The molecule has 2 fully saturated rings. The summed E-state index contributed by atoms with van der Waals surface area (Å²) in [5, 5.41) is 3.29. The molecule has 0 aliphatic carbocycles. The van der Waals surface area contributed by atoms with Crippen molar-refractivity contribution in [2.75, 3.05) is 39.3 Å². The highest BCUT2D eigenvalue weighted by Crippen LogP contribution is 2.29. The van der Waals surface area contributed by atoms with Crippen LogP contribution in [0.4, 0.5) is 4.39 Å². The summed E-state index contributed by atoms with van der Waals surface area (Å²) in [7, 11) is 0. The van der Waals surface area contributed by atoms with Crippen molar-refractivity contribution in [2.24, 2.45) is 5.92 Å². The summed E-state index contributed by atoms with van der Waals surface area (Å²) >= 11 is 0. The molecule has 3 rings (SSSR count). The Hall–Kier alpha value is -1.46. The lowest BCUT2D eigenvalue weighted by Gasteiger charge is -2.40. The van der Waals surface area contributed by atoms with E-state index < -0.39 is 0 Å². The van der Waals surface area contributed by atoms with Gasteiger partial charge in [0.05, 0.1) is 0 Å². The van der Waals surface area contributed by atoms with Crippen LogP contribution in [0.15, 0.2) is 24.3 Å². The minimum Gasteiger partial charge on any atom is -0.338 e. The van der Waals surface area contributed by atoms with E-state index in [1.165, 1.54) is 18.6 Å². The number of piperazine rings is 1. The number of piperidine rings is 1. The van der Waals surface area contributed by atoms with Gasteiger partial charge in [-0.05, 0) is 43.0 Å². The van der Waals surface area contributed by atoms with E-state index in [9.17, 15) is 9.18 Å². The van der Waals surface area contributed by atoms with Crippen molar-refractivity contribution in [1.82, 2.24) is 15.1 Å². The maximum atomic E-state index is 13.3. The summed E-state index contributed by atoms with van der Waals surface area (Å²) in [5.41, 5.74) is 0.907. The van der Waals surface area contributed by atoms with Crippen LogP contribution in [0.5, 0.6) is 0 Å². The summed E-state index contributed by atoms with van der Waals surface area (Å²) in [5.74, 6) is 0.504. The van der Waals surface area contributed by atoms with E-state index in [-0.39, 0.29) is 17.8 Å². The molecule has 0 aromatic heterocycles. The molecule has 1 aromatic carbocycles. The molecule has 2 unspecified atom stereocenters. The van der Waals surface area contributed by atoms with Crippen LogP contribution in [-0.2, 0) is 4.79 Å². The molecule has 2 saturated heterocycles. The van der Waals surface area contributed by atoms with Crippen LogP contribution < -0.4 is 5.32 Å². The number of carbonyl (C=O) groups excluding carboxylic acids is 1. The van der Waals surface area contributed by atoms with Crippen LogP contribution in [0.3, 0.4) is 0 Å². The van der Waals surface area contributed by atoms with Crippen LogP contribution in [0.1, 0.15) is 31.4 Å². The third-order valence-electron chi connectivity index (χ3n) is 4.90. The lowest BCUT2D eigenvalue weighted by molar-refractivity contribution is -0.138. The maximum Gasteiger partial charge on any atom is 0.244 e. The molecule has 126 valence electrons. The smallest absolute Gasteiger partial charge is 0.244 e. The fraction of sp³-hybridized carbons (Fsp3) is 0.611. The molecule has 0 spiro atoms. The fourth-order valence-electron chi connectivity index (χ4n) is 3.67. The number of amides is 1. The van der Waals surface area contributed by atoms with Gasteiger partial charge >= 0.3 is 0 Å². The third kappa shape index (κ3) is 3.90. The van der Waals surface area contributed by atoms with Gasteiger partial charge in [-0.2, -0.15) is 0 Å². The first-order valence-electron chi connectivity index (χ1n) is 8.64. The molecule has 0 radical (unpaired) electrons. The maximum absolute atomic E-state index is 13.3. The molecule has 23 heavy (non-hydrogen) atoms. The molecule has 2 aliphatic rings. The molecule has 2 atom stereocenters. The number of hydrogen-bond donors (Lipinski definition) is 1. The second-order valence-corrected chi connectivity index (χ2v) is 6.77. The van der Waals surface area contributed by atoms with E-state index in [0.717, 1.165) is 51.3 Å². The number of halogens is 1. The van der Waals surface area contributed by atoms with Gasteiger partial charge in [-0.15, -0.1) is 0 Å². The Morgan fingerprint density at radius 1 is 1.22 bits per heavy atom. The quantitative estimate of drug-likeness (QED) is 0.926. The average molecular weight is 319 g/mol. The van der Waals surface area contributed by atoms with Crippen LogP contribution in [0.2, 0.25) is 0 Å². The number of nitrogens with zero attached hydrogens (tertiary/aromatic N) is 2. The Balaban J connectivity index is 1.85. The molecular formula is C18H26FN3O. The van der Waals surface area contributed by atoms with Crippen molar-refractivity contribution in [2.45, 2.75) is 25.8 Å². The van der Waals surface area contributed by atoms with E-state index in [4.69, 9.17) is 0 Å². The molecule has 2 aliphatic heterocycles. The van der Waals surface area contributed by atoms with Crippen LogP contribution in [-0.4, -0.2) is 55.0 Å². The Kier molecular flexibility index (Phi) is 5.28. The zero-order valence-corrected chi connectivity index (χ0v) is 13.8. The first-order chi connectivity index (χ1) is 11.1. The summed E-state index contributed by atoms with van der Waals surface area (Å²) in [4.78, 5) is 17.4. The zero-order chi connectivity index (χ0) is 16.2. The molecule has 1 aromatic rings. The Morgan fingerprint density at radius 3 is 2.57 bits per heavy atom. The van der Waals surface area contributed by atoms with Gasteiger partial charge in [-0.25, -0.2) is 4.39 Å². The van der Waals surface area contributed by atoms with Gasteiger partial charge in [0, 0.05) is 32.7 Å². The van der Waals surface area contributed by atoms with E-state index in [1.807, 2.05) is 4.90 Å². The number of carbonyl (C=O) groups is 1. The summed E-state index contributed by atoms with van der Waals surface area (Å²) in [6.07, 6.45) is 2.34. The fourth-order valence-corrected chi connectivity index (χ4v) is 3.67. The normalized spacial score (nSPS) is 24.4. The van der Waals surface area contributed by atoms with Crippen molar-refractivity contribution in [3.05, 3.63) is 35.6 Å². The summed E-state index contributed by atoms with van der Waals surface area (Å²) in [6, 6.07) is 6.16. The standard InChI is InChI=1S/C18H26FN3O/c1-14-3-2-10-22(13-14)17(15-4-6-16(19)7-5-15)18(23)21-11-8-20-9-12-21/h4-7,14,17,20H,2-3,8-13H2,1H3. The van der Waals surface area contributed by atoms with E-state index in [0.29, 0.717) is 5.92 Å². The largest absolute Gasteiger partial charge is 0.338 e. The molecule has 0 bridgehead atoms. The van der Waals surface area contributed by atoms with Crippen LogP contribution >= 0.6 is 0 Å². The molecule has 2 heterocycles. The SMILES string of the molecule is CC1CCCN(C(C(=O)N2CCNCC2)c2ccc(F)cc2)C1. The Labute approximate surface area is 137 Å². The highest BCUT2D eigenvalue weighted by Gasteiger charge is 2.33. The van der Waals surface area contributed by atoms with E-state index >= 15 is 0 Å². The minimum atomic E-state index is -0.281. The number of hydrogen-bond acceptors (Lipinski definition) is 3. The lowest BCUT2D eigenvalue weighted by Crippen LogP contribution is -2.52. The molecule has 1 amide bonds. The number of likely N-dealkylation sites (tertiary alicyclic amines) is 1. The van der Waals surface area contributed by atoms with Gasteiger partial charge < -0.3 is 10.2 Å². The number of rotatable bonds is 3. The highest BCUT2D eigenvalue weighted by molar-refractivity contribution is 5.83. The van der Waals surface area contributed by atoms with Crippen molar-refractivity contribution in [3.63, 3.8) is 0 Å². The second-order valence-electron chi connectivity index (χ2n) is 6.77. The van der Waals surface area contributed by atoms with Gasteiger partial charge in [-0.1, -0.05) is 19.1 Å². The predicted molar refractivity (Wildman–Crippen MR) is 88.6 cm³/mol. The number of benzene rings is 1. The van der Waals surface area contributed by atoms with Crippen LogP contribution in [0.25, 0.3) is 0 Å². The summed E-state index contributed by atoms with van der Waals surface area (Å²) in [6.45, 7) is 7.30. The third-order valence-corrected chi connectivity index (χ3v) is 4.90. The zero-order valence-electron chi connectivity index (χ0n) is 13.8. The highest BCUT2D eigenvalue weighted by atomic mass is 19.1. The number of nitrogens with one attached hydrogen (secondary N) is 1.